The molecule has 262 valence electrons. The van der Waals surface area contributed by atoms with Crippen molar-refractivity contribution in [3.8, 4) is 34.3 Å². The second kappa shape index (κ2) is 14.4. The molecule has 2 aliphatic heterocycles. The quantitative estimate of drug-likeness (QED) is 0.140. The number of hydrogen-bond acceptors (Lipinski definition) is 15. The van der Waals surface area contributed by atoms with E-state index in [4.69, 9.17) is 28.1 Å². The molecule has 15 heteroatoms. The molecule has 10 atom stereocenters. The van der Waals surface area contributed by atoms with Gasteiger partial charge in [-0.05, 0) is 51.5 Å². The van der Waals surface area contributed by atoms with Crippen molar-refractivity contribution in [3.05, 3.63) is 57.8 Å². The zero-order valence-corrected chi connectivity index (χ0v) is 26.6. The van der Waals surface area contributed by atoms with Crippen LogP contribution in [0.15, 0.2) is 51.2 Å². The summed E-state index contributed by atoms with van der Waals surface area (Å²) in [4.78, 5) is 14.3. The molecule has 2 aliphatic rings. The summed E-state index contributed by atoms with van der Waals surface area (Å²) in [5.74, 6) is -0.922. The third-order valence-corrected chi connectivity index (χ3v) is 8.37. The summed E-state index contributed by atoms with van der Waals surface area (Å²) in [5.41, 5.74) is 0.341. The lowest BCUT2D eigenvalue weighted by molar-refractivity contribution is -0.277. The Hall–Kier alpha value is -3.77. The molecule has 0 aliphatic carbocycles. The Labute approximate surface area is 274 Å². The third-order valence-electron chi connectivity index (χ3n) is 8.37. The highest BCUT2D eigenvalue weighted by Crippen LogP contribution is 2.41. The van der Waals surface area contributed by atoms with Gasteiger partial charge in [-0.15, -0.1) is 0 Å². The van der Waals surface area contributed by atoms with Crippen molar-refractivity contribution in [2.24, 2.45) is 0 Å². The first-order valence-electron chi connectivity index (χ1n) is 15.2. The standard InChI is InChI=1S/C33H40O15/c1-13(2)5-10-17-19(45-33-28(42)26(40)23(37)20(12-34)46-33)11-18(35)21-24(38)31(48-32-27(41)25(39)22(36)14(3)44-32)29(47-30(17)21)15-6-8-16(43-4)9-7-15/h5-9,11,14,20,22-23,25-28,32-37,39-42H,10,12H2,1-4H3/t14?,20?,22?,23?,25?,26?,27?,28?,32-,33-/m0/s1. The van der Waals surface area contributed by atoms with Crippen LogP contribution in [0.25, 0.3) is 22.3 Å². The Morgan fingerprint density at radius 1 is 0.875 bits per heavy atom. The molecule has 1 aromatic heterocycles. The van der Waals surface area contributed by atoms with E-state index in [2.05, 4.69) is 0 Å². The van der Waals surface area contributed by atoms with Gasteiger partial charge in [-0.2, -0.15) is 0 Å². The fourth-order valence-electron chi connectivity index (χ4n) is 5.52. The Balaban J connectivity index is 1.71. The van der Waals surface area contributed by atoms with Crippen LogP contribution in [0.2, 0.25) is 0 Å². The molecule has 0 spiro atoms. The van der Waals surface area contributed by atoms with E-state index in [-0.39, 0.29) is 34.5 Å². The van der Waals surface area contributed by atoms with Gasteiger partial charge in [-0.25, -0.2) is 0 Å². The van der Waals surface area contributed by atoms with Gasteiger partial charge in [0.05, 0.1) is 19.8 Å². The van der Waals surface area contributed by atoms with Gasteiger partial charge in [0.2, 0.25) is 23.8 Å². The number of benzene rings is 2. The Morgan fingerprint density at radius 2 is 1.50 bits per heavy atom. The highest BCUT2D eigenvalue weighted by molar-refractivity contribution is 5.91. The van der Waals surface area contributed by atoms with E-state index in [9.17, 15) is 45.6 Å². The van der Waals surface area contributed by atoms with Crippen LogP contribution >= 0.6 is 0 Å². The molecule has 15 nitrogen and oxygen atoms in total. The number of allylic oxidation sites excluding steroid dienone is 2. The zero-order valence-electron chi connectivity index (χ0n) is 26.6. The van der Waals surface area contributed by atoms with Crippen LogP contribution < -0.4 is 19.6 Å². The minimum atomic E-state index is -1.77. The van der Waals surface area contributed by atoms with Gasteiger partial charge in [-0.1, -0.05) is 11.6 Å². The van der Waals surface area contributed by atoms with E-state index in [1.54, 1.807) is 30.3 Å². The highest BCUT2D eigenvalue weighted by Gasteiger charge is 2.46. The van der Waals surface area contributed by atoms with E-state index >= 15 is 0 Å². The Kier molecular flexibility index (Phi) is 10.6. The molecule has 0 saturated carbocycles. The summed E-state index contributed by atoms with van der Waals surface area (Å²) in [7, 11) is 1.47. The van der Waals surface area contributed by atoms with Gasteiger partial charge in [0.25, 0.3) is 0 Å². The molecule has 2 aromatic carbocycles. The average Bonchev–Trinajstić information content (AvgIpc) is 3.06. The highest BCUT2D eigenvalue weighted by atomic mass is 16.7. The lowest BCUT2D eigenvalue weighted by atomic mass is 9.99. The number of phenols is 1. The lowest BCUT2D eigenvalue weighted by Gasteiger charge is -2.39. The fourth-order valence-corrected chi connectivity index (χ4v) is 5.52. The van der Waals surface area contributed by atoms with Crippen molar-refractivity contribution in [2.45, 2.75) is 88.6 Å². The maximum absolute atomic E-state index is 14.3. The van der Waals surface area contributed by atoms with Crippen molar-refractivity contribution in [3.63, 3.8) is 0 Å². The predicted molar refractivity (Wildman–Crippen MR) is 167 cm³/mol. The van der Waals surface area contributed by atoms with Gasteiger partial charge in [-0.3, -0.25) is 4.79 Å². The maximum atomic E-state index is 14.3. The summed E-state index contributed by atoms with van der Waals surface area (Å²) in [6.07, 6.45) is -13.7. The molecule has 2 saturated heterocycles. The minimum absolute atomic E-state index is 0.0725. The van der Waals surface area contributed by atoms with Crippen LogP contribution in [0.4, 0.5) is 0 Å². The minimum Gasteiger partial charge on any atom is -0.507 e. The van der Waals surface area contributed by atoms with Crippen LogP contribution in [0.1, 0.15) is 26.3 Å². The number of rotatable bonds is 9. The van der Waals surface area contributed by atoms with Crippen LogP contribution in [0, 0.1) is 0 Å². The van der Waals surface area contributed by atoms with Crippen LogP contribution in [-0.2, 0) is 15.9 Å². The molecule has 0 radical (unpaired) electrons. The largest absolute Gasteiger partial charge is 0.507 e. The summed E-state index contributed by atoms with van der Waals surface area (Å²) >= 11 is 0. The number of phenolic OH excluding ortho intramolecular Hbond substituents is 1. The second-order valence-electron chi connectivity index (χ2n) is 12.0. The number of aromatic hydroxyl groups is 1. The van der Waals surface area contributed by atoms with Gasteiger partial charge in [0.1, 0.15) is 70.9 Å². The van der Waals surface area contributed by atoms with E-state index in [1.165, 1.54) is 14.0 Å². The molecule has 48 heavy (non-hydrogen) atoms. The zero-order chi connectivity index (χ0) is 35.0. The van der Waals surface area contributed by atoms with Crippen molar-refractivity contribution >= 4 is 11.0 Å². The summed E-state index contributed by atoms with van der Waals surface area (Å²) < 4.78 is 34.5. The number of aliphatic hydroxyl groups is 7. The smallest absolute Gasteiger partial charge is 0.239 e. The van der Waals surface area contributed by atoms with Gasteiger partial charge >= 0.3 is 0 Å². The third kappa shape index (κ3) is 6.74. The number of hydrogen-bond donors (Lipinski definition) is 8. The van der Waals surface area contributed by atoms with Crippen molar-refractivity contribution in [1.29, 1.82) is 0 Å². The van der Waals surface area contributed by atoms with Crippen molar-refractivity contribution in [2.75, 3.05) is 13.7 Å². The molecule has 2 fully saturated rings. The predicted octanol–water partition coefficient (Wildman–Crippen LogP) is 0.0679. The van der Waals surface area contributed by atoms with Gasteiger partial charge in [0, 0.05) is 17.2 Å². The molecule has 3 heterocycles. The molecular weight excluding hydrogens is 636 g/mol. The topological polar surface area (TPSA) is 238 Å². The van der Waals surface area contributed by atoms with Crippen LogP contribution in [0.3, 0.4) is 0 Å². The van der Waals surface area contributed by atoms with E-state index < -0.39 is 84.9 Å². The van der Waals surface area contributed by atoms with Gasteiger partial charge in [0.15, 0.2) is 5.76 Å². The molecule has 0 bridgehead atoms. The Bertz CT molecular complexity index is 1680. The van der Waals surface area contributed by atoms with Crippen LogP contribution in [0.5, 0.6) is 23.0 Å². The Morgan fingerprint density at radius 3 is 2.10 bits per heavy atom. The first-order chi connectivity index (χ1) is 22.8. The van der Waals surface area contributed by atoms with Crippen LogP contribution in [-0.4, -0.2) is 116 Å². The van der Waals surface area contributed by atoms with Crippen molar-refractivity contribution in [1.82, 2.24) is 0 Å². The lowest BCUT2D eigenvalue weighted by Crippen LogP contribution is -2.60. The molecule has 0 amide bonds. The second-order valence-corrected chi connectivity index (χ2v) is 12.0. The first-order valence-corrected chi connectivity index (χ1v) is 15.2. The molecule has 5 rings (SSSR count). The summed E-state index contributed by atoms with van der Waals surface area (Å²) in [5, 5.41) is 82.9. The van der Waals surface area contributed by atoms with E-state index in [0.29, 0.717) is 11.3 Å². The number of methoxy groups -OCH3 is 1. The van der Waals surface area contributed by atoms with Crippen molar-refractivity contribution < 1.29 is 69.0 Å². The number of aliphatic hydroxyl groups excluding tert-OH is 7. The molecule has 8 unspecified atom stereocenters. The SMILES string of the molecule is COc1ccc(-c2oc3c(CC=C(C)C)c(O[C@H]4OC(CO)C(O)C(O)C4O)cc(O)c3c(=O)c2O[C@@H]2OC(C)C(O)C(O)C2O)cc1. The van der Waals surface area contributed by atoms with E-state index in [0.717, 1.165) is 11.6 Å². The first kappa shape index (κ1) is 35.5. The molecular formula is C33H40O15. The van der Waals surface area contributed by atoms with Gasteiger partial charge < -0.3 is 69.0 Å². The summed E-state index contributed by atoms with van der Waals surface area (Å²) in [6, 6.07) is 7.41. The monoisotopic (exact) mass is 676 g/mol. The average molecular weight is 677 g/mol. The summed E-state index contributed by atoms with van der Waals surface area (Å²) in [6.45, 7) is 4.40. The number of ether oxygens (including phenoxy) is 5. The number of fused-ring (bicyclic) bond motifs is 1. The molecule has 3 aromatic rings. The van der Waals surface area contributed by atoms with E-state index in [1.807, 2.05) is 13.8 Å². The fraction of sp³-hybridized carbons (Fsp3) is 0.485. The normalized spacial score (nSPS) is 30.6. The maximum Gasteiger partial charge on any atom is 0.239 e. The molecule has 8 N–H and O–H groups in total.